The largest absolute Gasteiger partial charge is 0.460 e. The first kappa shape index (κ1) is 30.1. The highest BCUT2D eigenvalue weighted by molar-refractivity contribution is 7.88. The number of halogens is 13. The van der Waals surface area contributed by atoms with Crippen molar-refractivity contribution in [3.8, 4) is 5.75 Å². The molecule has 0 heterocycles. The molecule has 34 heavy (non-hydrogen) atoms. The summed E-state index contributed by atoms with van der Waals surface area (Å²) in [4.78, 5) is 0. The first-order valence-corrected chi connectivity index (χ1v) is 9.80. The summed E-state index contributed by atoms with van der Waals surface area (Å²) >= 11 is 0. The summed E-state index contributed by atoms with van der Waals surface area (Å²) < 4.78 is 198. The third-order valence-corrected chi connectivity index (χ3v) is 5.61. The molecule has 198 valence electrons. The lowest BCUT2D eigenvalue weighted by Crippen LogP contribution is -2.71. The lowest BCUT2D eigenvalue weighted by molar-refractivity contribution is -0.433. The topological polar surface area (TPSA) is 69.4 Å². The first-order chi connectivity index (χ1) is 14.6. The Labute approximate surface area is 183 Å². The van der Waals surface area contributed by atoms with Crippen LogP contribution in [0.1, 0.15) is 25.0 Å². The molecular formula is C16H14F13NO3S. The van der Waals surface area contributed by atoms with Gasteiger partial charge in [0, 0.05) is 5.54 Å². The van der Waals surface area contributed by atoms with E-state index in [-0.39, 0.29) is 11.1 Å². The van der Waals surface area contributed by atoms with E-state index in [1.54, 1.807) is 0 Å². The zero-order valence-corrected chi connectivity index (χ0v) is 17.7. The maximum atomic E-state index is 13.9. The quantitative estimate of drug-likeness (QED) is 0.340. The molecule has 2 N–H and O–H groups in total. The van der Waals surface area contributed by atoms with Crippen molar-refractivity contribution in [3.05, 3.63) is 29.3 Å². The van der Waals surface area contributed by atoms with E-state index in [1.807, 2.05) is 0 Å². The molecule has 0 saturated heterocycles. The van der Waals surface area contributed by atoms with Gasteiger partial charge in [-0.25, -0.2) is 0 Å². The Morgan fingerprint density at radius 1 is 0.735 bits per heavy atom. The van der Waals surface area contributed by atoms with Gasteiger partial charge >= 0.3 is 45.2 Å². The van der Waals surface area contributed by atoms with Crippen molar-refractivity contribution in [1.82, 2.24) is 0 Å². The van der Waals surface area contributed by atoms with Crippen molar-refractivity contribution in [2.75, 3.05) is 0 Å². The van der Waals surface area contributed by atoms with E-state index >= 15 is 0 Å². The van der Waals surface area contributed by atoms with Crippen LogP contribution in [0.4, 0.5) is 57.1 Å². The molecule has 0 aliphatic rings. The molecule has 0 aliphatic carbocycles. The van der Waals surface area contributed by atoms with E-state index in [0.29, 0.717) is 12.1 Å². The van der Waals surface area contributed by atoms with Crippen LogP contribution in [0.3, 0.4) is 0 Å². The molecule has 0 radical (unpaired) electrons. The Hall–Kier alpha value is -1.98. The fourth-order valence-corrected chi connectivity index (χ4v) is 3.41. The van der Waals surface area contributed by atoms with E-state index in [4.69, 9.17) is 5.73 Å². The van der Waals surface area contributed by atoms with Crippen molar-refractivity contribution in [2.45, 2.75) is 61.4 Å². The van der Waals surface area contributed by atoms with Crippen molar-refractivity contribution >= 4 is 10.1 Å². The Morgan fingerprint density at radius 2 is 1.15 bits per heavy atom. The Bertz CT molecular complexity index is 1030. The fraction of sp³-hybridized carbons (Fsp3) is 0.625. The third-order valence-electron chi connectivity index (χ3n) is 4.32. The van der Waals surface area contributed by atoms with E-state index < -0.39 is 56.5 Å². The number of hydrogen-bond donors (Lipinski definition) is 1. The molecule has 1 aromatic carbocycles. The number of benzene rings is 1. The van der Waals surface area contributed by atoms with Crippen LogP contribution in [0.5, 0.6) is 5.75 Å². The van der Waals surface area contributed by atoms with Gasteiger partial charge < -0.3 is 9.92 Å². The second-order valence-electron chi connectivity index (χ2n) is 7.55. The second kappa shape index (κ2) is 8.03. The molecular weight excluding hydrogens is 533 g/mol. The maximum Gasteiger partial charge on any atom is 0.460 e. The molecule has 1 aromatic rings. The van der Waals surface area contributed by atoms with Gasteiger partial charge in [0.05, 0.1) is 0 Å². The van der Waals surface area contributed by atoms with Crippen LogP contribution in [0.15, 0.2) is 18.2 Å². The van der Waals surface area contributed by atoms with Gasteiger partial charge in [0.1, 0.15) is 5.75 Å². The third kappa shape index (κ3) is 4.37. The fourth-order valence-electron chi connectivity index (χ4n) is 2.50. The SMILES string of the molecule is Cc1cc(OS(=O)(=O)C(F)(F)C(F)(F)C(F)(F)C(F)(F)C(F)(F)C(F)(F)F)ccc1C(C)(C)N. The van der Waals surface area contributed by atoms with Gasteiger partial charge in [0.25, 0.3) is 0 Å². The average molecular weight is 547 g/mol. The summed E-state index contributed by atoms with van der Waals surface area (Å²) in [5.41, 5.74) is 4.81. The van der Waals surface area contributed by atoms with E-state index in [1.165, 1.54) is 20.8 Å². The van der Waals surface area contributed by atoms with Gasteiger partial charge in [-0.1, -0.05) is 6.07 Å². The summed E-state index contributed by atoms with van der Waals surface area (Å²) in [7, 11) is -7.41. The number of nitrogens with two attached hydrogens (primary N) is 1. The van der Waals surface area contributed by atoms with Crippen LogP contribution in [-0.2, 0) is 15.7 Å². The standard InChI is InChI=1S/C16H14F13NO3S/c1-7-6-8(4-5-9(7)10(2,3)30)33-34(31,32)16(28,29)14(23,24)12(19,20)11(17,18)13(21,22)15(25,26)27/h4-6H,30H2,1-3H3. The summed E-state index contributed by atoms with van der Waals surface area (Å²) in [5.74, 6) is -33.8. The number of alkyl halides is 13. The molecule has 0 amide bonds. The van der Waals surface area contributed by atoms with Crippen molar-refractivity contribution in [2.24, 2.45) is 5.73 Å². The smallest absolute Gasteiger partial charge is 0.378 e. The second-order valence-corrected chi connectivity index (χ2v) is 9.14. The maximum absolute atomic E-state index is 13.9. The highest BCUT2D eigenvalue weighted by Crippen LogP contribution is 2.61. The van der Waals surface area contributed by atoms with Crippen LogP contribution in [-0.4, -0.2) is 43.5 Å². The minimum absolute atomic E-state index is 0.0167. The van der Waals surface area contributed by atoms with Gasteiger partial charge in [0.2, 0.25) is 0 Å². The van der Waals surface area contributed by atoms with Crippen LogP contribution in [0.25, 0.3) is 0 Å². The molecule has 0 saturated carbocycles. The number of rotatable bonds is 8. The highest BCUT2D eigenvalue weighted by atomic mass is 32.2. The minimum atomic E-state index is -8.26. The summed E-state index contributed by atoms with van der Waals surface area (Å²) in [6.07, 6.45) is -7.61. The number of hydrogen-bond acceptors (Lipinski definition) is 4. The monoisotopic (exact) mass is 547 g/mol. The van der Waals surface area contributed by atoms with E-state index in [0.717, 1.165) is 6.07 Å². The molecule has 18 heteroatoms. The van der Waals surface area contributed by atoms with Gasteiger partial charge in [0.15, 0.2) is 0 Å². The molecule has 0 spiro atoms. The average Bonchev–Trinajstić information content (AvgIpc) is 2.58. The van der Waals surface area contributed by atoms with E-state index in [9.17, 15) is 65.5 Å². The summed E-state index contributed by atoms with van der Waals surface area (Å²) in [6.45, 7) is 4.02. The molecule has 0 bridgehead atoms. The van der Waals surface area contributed by atoms with Crippen LogP contribution in [0, 0.1) is 6.92 Å². The zero-order valence-electron chi connectivity index (χ0n) is 16.9. The Balaban J connectivity index is 3.55. The van der Waals surface area contributed by atoms with Crippen LogP contribution >= 0.6 is 0 Å². The molecule has 4 nitrogen and oxygen atoms in total. The molecule has 0 unspecified atom stereocenters. The highest BCUT2D eigenvalue weighted by Gasteiger charge is 2.93. The predicted molar refractivity (Wildman–Crippen MR) is 88.7 cm³/mol. The zero-order chi connectivity index (χ0) is 27.6. The number of aryl methyl sites for hydroxylation is 1. The predicted octanol–water partition coefficient (Wildman–Crippen LogP) is 5.59. The van der Waals surface area contributed by atoms with Crippen molar-refractivity contribution < 1.29 is 69.7 Å². The minimum Gasteiger partial charge on any atom is -0.378 e. The Kier molecular flexibility index (Phi) is 7.09. The molecule has 1 rings (SSSR count). The summed E-state index contributed by atoms with van der Waals surface area (Å²) in [5, 5.41) is -7.44. The molecule has 0 aromatic heterocycles. The van der Waals surface area contributed by atoms with Crippen molar-refractivity contribution in [1.29, 1.82) is 0 Å². The normalized spacial score (nSPS) is 15.4. The lowest BCUT2D eigenvalue weighted by atomic mass is 9.91. The lowest BCUT2D eigenvalue weighted by Gasteiger charge is -2.38. The van der Waals surface area contributed by atoms with Gasteiger partial charge in [-0.3, -0.25) is 0 Å². The van der Waals surface area contributed by atoms with E-state index in [2.05, 4.69) is 4.18 Å². The molecule has 0 aliphatic heterocycles. The van der Waals surface area contributed by atoms with Crippen LogP contribution < -0.4 is 9.92 Å². The Morgan fingerprint density at radius 3 is 1.50 bits per heavy atom. The van der Waals surface area contributed by atoms with Gasteiger partial charge in [-0.05, 0) is 44.0 Å². The van der Waals surface area contributed by atoms with Crippen molar-refractivity contribution in [3.63, 3.8) is 0 Å². The first-order valence-electron chi connectivity index (χ1n) is 8.39. The summed E-state index contributed by atoms with van der Waals surface area (Å²) in [6, 6.07) is 2.04. The van der Waals surface area contributed by atoms with Gasteiger partial charge in [-0.15, -0.1) is 0 Å². The van der Waals surface area contributed by atoms with Gasteiger partial charge in [-0.2, -0.15) is 65.5 Å². The van der Waals surface area contributed by atoms with Crippen LogP contribution in [0.2, 0.25) is 0 Å². The molecule has 0 atom stereocenters. The molecule has 0 fully saturated rings.